The maximum atomic E-state index is 4.91. The summed E-state index contributed by atoms with van der Waals surface area (Å²) in [5.74, 6) is 0. The lowest BCUT2D eigenvalue weighted by atomic mass is 10.1. The van der Waals surface area contributed by atoms with E-state index in [0.717, 1.165) is 49.1 Å². The number of fused-ring (bicyclic) bond motifs is 1. The van der Waals surface area contributed by atoms with Gasteiger partial charge in [0.25, 0.3) is 0 Å². The second-order valence-electron chi connectivity index (χ2n) is 6.58. The maximum absolute atomic E-state index is 4.91. The average molecular weight is 383 g/mol. The molecule has 0 N–H and O–H groups in total. The molecule has 0 radical (unpaired) electrons. The first kappa shape index (κ1) is 16.8. The molecular weight excluding hydrogens is 366 g/mol. The van der Waals surface area contributed by atoms with Crippen LogP contribution in [0, 0.1) is 6.92 Å². The fourth-order valence-electron chi connectivity index (χ4n) is 3.31. The summed E-state index contributed by atoms with van der Waals surface area (Å²) >= 11 is 1.64. The van der Waals surface area contributed by atoms with Gasteiger partial charge in [-0.3, -0.25) is 4.98 Å². The van der Waals surface area contributed by atoms with Gasteiger partial charge in [0.15, 0.2) is 5.65 Å². The Labute approximate surface area is 166 Å². The molecule has 0 spiro atoms. The van der Waals surface area contributed by atoms with Crippen LogP contribution < -0.4 is 0 Å². The van der Waals surface area contributed by atoms with E-state index in [1.165, 1.54) is 0 Å². The maximum Gasteiger partial charge on any atom is 0.158 e. The molecule has 5 aromatic rings. The van der Waals surface area contributed by atoms with E-state index in [2.05, 4.69) is 29.2 Å². The number of nitrogens with zero attached hydrogens (tertiary/aromatic N) is 5. The second-order valence-corrected chi connectivity index (χ2v) is 7.58. The first-order valence-corrected chi connectivity index (χ1v) is 9.80. The zero-order valence-electron chi connectivity index (χ0n) is 15.5. The van der Waals surface area contributed by atoms with Crippen LogP contribution in [0.1, 0.15) is 5.69 Å². The van der Waals surface area contributed by atoms with Crippen molar-refractivity contribution in [3.63, 3.8) is 0 Å². The van der Waals surface area contributed by atoms with Crippen LogP contribution in [-0.4, -0.2) is 24.7 Å². The summed E-state index contributed by atoms with van der Waals surface area (Å²) in [4.78, 5) is 14.9. The summed E-state index contributed by atoms with van der Waals surface area (Å²) in [6.45, 7) is 2.02. The number of aromatic nitrogens is 5. The Bertz CT molecular complexity index is 1270. The lowest BCUT2D eigenvalue weighted by Gasteiger charge is -2.00. The number of thiazole rings is 1. The standard InChI is InChI=1S/C22H17N5S/c1-14-20(28-22(24-14)16-9-6-12-23-13-16)18-11-10-17-19(15-7-4-3-5-8-15)26-27(2)21(17)25-18/h3-13H,1-2H3. The van der Waals surface area contributed by atoms with E-state index < -0.39 is 0 Å². The largest absolute Gasteiger partial charge is 0.264 e. The number of hydrogen-bond donors (Lipinski definition) is 0. The van der Waals surface area contributed by atoms with Gasteiger partial charge in [0.05, 0.1) is 16.3 Å². The molecule has 0 aliphatic carbocycles. The van der Waals surface area contributed by atoms with Crippen molar-refractivity contribution < 1.29 is 0 Å². The highest BCUT2D eigenvalue weighted by molar-refractivity contribution is 7.18. The Hall–Kier alpha value is -3.38. The highest BCUT2D eigenvalue weighted by atomic mass is 32.1. The highest BCUT2D eigenvalue weighted by Gasteiger charge is 2.16. The number of aryl methyl sites for hydroxylation is 2. The van der Waals surface area contributed by atoms with Crippen molar-refractivity contribution in [1.29, 1.82) is 0 Å². The molecular formula is C22H17N5S. The Kier molecular flexibility index (Phi) is 3.98. The van der Waals surface area contributed by atoms with Gasteiger partial charge in [-0.15, -0.1) is 11.3 Å². The summed E-state index contributed by atoms with van der Waals surface area (Å²) in [5, 5.41) is 6.71. The first-order chi connectivity index (χ1) is 13.7. The number of pyridine rings is 2. The minimum atomic E-state index is 0.868. The van der Waals surface area contributed by atoms with Gasteiger partial charge < -0.3 is 0 Å². The van der Waals surface area contributed by atoms with Crippen LogP contribution in [0.2, 0.25) is 0 Å². The van der Waals surface area contributed by atoms with Gasteiger partial charge >= 0.3 is 0 Å². The molecule has 136 valence electrons. The Morgan fingerprint density at radius 3 is 2.50 bits per heavy atom. The summed E-state index contributed by atoms with van der Waals surface area (Å²) < 4.78 is 1.85. The Balaban J connectivity index is 1.62. The lowest BCUT2D eigenvalue weighted by molar-refractivity contribution is 0.790. The predicted octanol–water partition coefficient (Wildman–Crippen LogP) is 5.13. The molecule has 0 saturated carbocycles. The number of rotatable bonds is 3. The highest BCUT2D eigenvalue weighted by Crippen LogP contribution is 2.35. The second kappa shape index (κ2) is 6.65. The molecule has 0 saturated heterocycles. The summed E-state index contributed by atoms with van der Waals surface area (Å²) in [6, 6.07) is 18.3. The lowest BCUT2D eigenvalue weighted by Crippen LogP contribution is -1.93. The molecule has 5 rings (SSSR count). The van der Waals surface area contributed by atoms with Crippen molar-refractivity contribution in [3.05, 3.63) is 72.7 Å². The van der Waals surface area contributed by atoms with Crippen molar-refractivity contribution >= 4 is 22.4 Å². The monoisotopic (exact) mass is 383 g/mol. The topological polar surface area (TPSA) is 56.5 Å². The Morgan fingerprint density at radius 1 is 0.893 bits per heavy atom. The minimum absolute atomic E-state index is 0.868. The van der Waals surface area contributed by atoms with E-state index in [0.29, 0.717) is 0 Å². The van der Waals surface area contributed by atoms with E-state index in [4.69, 9.17) is 15.1 Å². The molecule has 0 unspecified atom stereocenters. The normalized spacial score (nSPS) is 11.2. The smallest absolute Gasteiger partial charge is 0.158 e. The predicted molar refractivity (Wildman–Crippen MR) is 113 cm³/mol. The van der Waals surface area contributed by atoms with Crippen LogP contribution in [0.15, 0.2) is 67.0 Å². The number of hydrogen-bond acceptors (Lipinski definition) is 5. The third-order valence-electron chi connectivity index (χ3n) is 4.67. The Morgan fingerprint density at radius 2 is 1.71 bits per heavy atom. The van der Waals surface area contributed by atoms with Crippen LogP contribution in [0.3, 0.4) is 0 Å². The van der Waals surface area contributed by atoms with Gasteiger partial charge in [-0.25, -0.2) is 14.6 Å². The first-order valence-electron chi connectivity index (χ1n) is 8.98. The summed E-state index contributed by atoms with van der Waals surface area (Å²) in [7, 11) is 1.94. The third kappa shape index (κ3) is 2.78. The van der Waals surface area contributed by atoms with Crippen molar-refractivity contribution in [2.45, 2.75) is 6.92 Å². The molecule has 4 aromatic heterocycles. The molecule has 0 atom stereocenters. The van der Waals surface area contributed by atoms with Gasteiger partial charge in [0.1, 0.15) is 10.7 Å². The van der Waals surface area contributed by atoms with E-state index in [-0.39, 0.29) is 0 Å². The molecule has 28 heavy (non-hydrogen) atoms. The summed E-state index contributed by atoms with van der Waals surface area (Å²) in [6.07, 6.45) is 3.61. The van der Waals surface area contributed by atoms with Crippen molar-refractivity contribution in [1.82, 2.24) is 24.7 Å². The van der Waals surface area contributed by atoms with Crippen molar-refractivity contribution in [2.24, 2.45) is 7.05 Å². The summed E-state index contributed by atoms with van der Waals surface area (Å²) in [5.41, 5.74) is 5.83. The SMILES string of the molecule is Cc1nc(-c2cccnc2)sc1-c1ccc2c(-c3ccccc3)nn(C)c2n1. The molecule has 1 aromatic carbocycles. The average Bonchev–Trinajstić information content (AvgIpc) is 3.29. The molecule has 0 bridgehead atoms. The molecule has 0 amide bonds. The van der Waals surface area contributed by atoms with Crippen LogP contribution >= 0.6 is 11.3 Å². The van der Waals surface area contributed by atoms with E-state index >= 15 is 0 Å². The van der Waals surface area contributed by atoms with Crippen LogP contribution in [0.4, 0.5) is 0 Å². The quantitative estimate of drug-likeness (QED) is 0.433. The van der Waals surface area contributed by atoms with Gasteiger partial charge in [0.2, 0.25) is 0 Å². The van der Waals surface area contributed by atoms with Gasteiger partial charge in [-0.1, -0.05) is 30.3 Å². The van der Waals surface area contributed by atoms with Crippen LogP contribution in [0.5, 0.6) is 0 Å². The third-order valence-corrected chi connectivity index (χ3v) is 5.90. The van der Waals surface area contributed by atoms with Gasteiger partial charge in [-0.05, 0) is 31.2 Å². The van der Waals surface area contributed by atoms with Gasteiger partial charge in [-0.2, -0.15) is 5.10 Å². The van der Waals surface area contributed by atoms with Crippen molar-refractivity contribution in [2.75, 3.05) is 0 Å². The molecule has 0 aliphatic rings. The zero-order chi connectivity index (χ0) is 19.1. The van der Waals surface area contributed by atoms with Crippen LogP contribution in [-0.2, 0) is 7.05 Å². The zero-order valence-corrected chi connectivity index (χ0v) is 16.3. The molecule has 0 fully saturated rings. The fourth-order valence-corrected chi connectivity index (χ4v) is 4.34. The van der Waals surface area contributed by atoms with Crippen molar-refractivity contribution in [3.8, 4) is 32.4 Å². The van der Waals surface area contributed by atoms with E-state index in [9.17, 15) is 0 Å². The minimum Gasteiger partial charge on any atom is -0.264 e. The van der Waals surface area contributed by atoms with E-state index in [1.807, 2.05) is 55.2 Å². The van der Waals surface area contributed by atoms with E-state index in [1.54, 1.807) is 17.5 Å². The fraction of sp³-hybridized carbons (Fsp3) is 0.0909. The molecule has 6 heteroatoms. The molecule has 0 aliphatic heterocycles. The number of benzene rings is 1. The molecule has 4 heterocycles. The van der Waals surface area contributed by atoms with Crippen LogP contribution in [0.25, 0.3) is 43.4 Å². The molecule has 5 nitrogen and oxygen atoms in total. The van der Waals surface area contributed by atoms with Gasteiger partial charge in [0, 0.05) is 36.0 Å².